The fourth-order valence-corrected chi connectivity index (χ4v) is 3.68. The molecule has 3 heterocycles. The molecule has 0 saturated heterocycles. The molecule has 3 rings (SSSR count). The molecule has 2 aromatic heterocycles. The van der Waals surface area contributed by atoms with Crippen molar-refractivity contribution in [3.8, 4) is 0 Å². The monoisotopic (exact) mass is 330 g/mol. The van der Waals surface area contributed by atoms with Crippen molar-refractivity contribution in [1.82, 2.24) is 19.9 Å². The summed E-state index contributed by atoms with van der Waals surface area (Å²) < 4.78 is 1.66. The van der Waals surface area contributed by atoms with Gasteiger partial charge in [0.2, 0.25) is 5.91 Å². The number of carbonyl (C=O) groups is 1. The molecule has 23 heavy (non-hydrogen) atoms. The van der Waals surface area contributed by atoms with Crippen molar-refractivity contribution in [2.24, 2.45) is 0 Å². The standard InChI is InChI=1S/C16H18N4O2S/c1-10-11(2)19-16-20(15(10)22)13(9-23-16)7-14(21)18-8-12-5-3-4-6-17-12/h3-6,13H,7-9H2,1-2H3,(H,18,21). The Bertz CT molecular complexity index is 789. The van der Waals surface area contributed by atoms with Crippen molar-refractivity contribution in [2.75, 3.05) is 5.75 Å². The molecule has 1 unspecified atom stereocenters. The van der Waals surface area contributed by atoms with Crippen molar-refractivity contribution in [3.05, 3.63) is 51.7 Å². The fraction of sp³-hybridized carbons (Fsp3) is 0.375. The van der Waals surface area contributed by atoms with E-state index in [2.05, 4.69) is 15.3 Å². The van der Waals surface area contributed by atoms with Gasteiger partial charge < -0.3 is 5.32 Å². The van der Waals surface area contributed by atoms with E-state index < -0.39 is 0 Å². The lowest BCUT2D eigenvalue weighted by Crippen LogP contribution is -2.31. The first-order valence-electron chi connectivity index (χ1n) is 7.45. The normalized spacial score (nSPS) is 16.2. The van der Waals surface area contributed by atoms with Crippen LogP contribution >= 0.6 is 11.8 Å². The number of aromatic nitrogens is 3. The van der Waals surface area contributed by atoms with E-state index in [1.165, 1.54) is 11.8 Å². The zero-order valence-corrected chi connectivity index (χ0v) is 13.9. The molecular weight excluding hydrogens is 312 g/mol. The van der Waals surface area contributed by atoms with E-state index in [4.69, 9.17) is 0 Å². The van der Waals surface area contributed by atoms with E-state index in [9.17, 15) is 9.59 Å². The van der Waals surface area contributed by atoms with Crippen molar-refractivity contribution >= 4 is 17.7 Å². The number of nitrogens with one attached hydrogen (secondary N) is 1. The summed E-state index contributed by atoms with van der Waals surface area (Å²) in [6.45, 7) is 4.01. The second kappa shape index (κ2) is 6.54. The molecule has 2 aromatic rings. The summed E-state index contributed by atoms with van der Waals surface area (Å²) >= 11 is 1.53. The number of hydrogen-bond acceptors (Lipinski definition) is 5. The number of hydrogen-bond donors (Lipinski definition) is 1. The van der Waals surface area contributed by atoms with Crippen molar-refractivity contribution in [1.29, 1.82) is 0 Å². The summed E-state index contributed by atoms with van der Waals surface area (Å²) in [7, 11) is 0. The third-order valence-electron chi connectivity index (χ3n) is 3.94. The molecule has 0 saturated carbocycles. The molecule has 0 fully saturated rings. The molecule has 0 bridgehead atoms. The first-order chi connectivity index (χ1) is 11.1. The Morgan fingerprint density at radius 3 is 3.00 bits per heavy atom. The molecule has 1 amide bonds. The van der Waals surface area contributed by atoms with Crippen molar-refractivity contribution in [3.63, 3.8) is 0 Å². The Hall–Kier alpha value is -2.15. The highest BCUT2D eigenvalue weighted by Crippen LogP contribution is 2.32. The number of carbonyl (C=O) groups excluding carboxylic acids is 1. The zero-order valence-electron chi connectivity index (χ0n) is 13.1. The Kier molecular flexibility index (Phi) is 4.47. The Morgan fingerprint density at radius 1 is 1.43 bits per heavy atom. The first-order valence-corrected chi connectivity index (χ1v) is 8.44. The minimum Gasteiger partial charge on any atom is -0.350 e. The van der Waals surface area contributed by atoms with Gasteiger partial charge in [0.25, 0.3) is 5.56 Å². The summed E-state index contributed by atoms with van der Waals surface area (Å²) in [4.78, 5) is 33.2. The van der Waals surface area contributed by atoms with Crippen LogP contribution in [0.1, 0.15) is 29.4 Å². The number of pyridine rings is 1. The quantitative estimate of drug-likeness (QED) is 0.862. The highest BCUT2D eigenvalue weighted by Gasteiger charge is 2.28. The van der Waals surface area contributed by atoms with E-state index in [-0.39, 0.29) is 23.9 Å². The van der Waals surface area contributed by atoms with E-state index in [0.29, 0.717) is 23.0 Å². The molecule has 120 valence electrons. The average Bonchev–Trinajstić information content (AvgIpc) is 2.94. The summed E-state index contributed by atoms with van der Waals surface area (Å²) in [5.74, 6) is 0.613. The van der Waals surface area contributed by atoms with Crippen LogP contribution in [0.4, 0.5) is 0 Å². The van der Waals surface area contributed by atoms with E-state index in [1.807, 2.05) is 25.1 Å². The third kappa shape index (κ3) is 3.29. The number of fused-ring (bicyclic) bond motifs is 1. The number of rotatable bonds is 4. The molecule has 1 aliphatic heterocycles. The molecule has 0 aliphatic carbocycles. The maximum Gasteiger partial charge on any atom is 0.257 e. The first kappa shape index (κ1) is 15.7. The van der Waals surface area contributed by atoms with Gasteiger partial charge >= 0.3 is 0 Å². The predicted octanol–water partition coefficient (Wildman–Crippen LogP) is 1.61. The SMILES string of the molecule is Cc1nc2n(c(=O)c1C)C(CC(=O)NCc1ccccn1)CS2. The van der Waals surface area contributed by atoms with Crippen LogP contribution in [0.3, 0.4) is 0 Å². The zero-order chi connectivity index (χ0) is 16.4. The number of thioether (sulfide) groups is 1. The highest BCUT2D eigenvalue weighted by atomic mass is 32.2. The molecule has 1 aliphatic rings. The van der Waals surface area contributed by atoms with Crippen molar-refractivity contribution in [2.45, 2.75) is 38.0 Å². The highest BCUT2D eigenvalue weighted by molar-refractivity contribution is 7.99. The Balaban J connectivity index is 1.68. The molecule has 7 heteroatoms. The van der Waals surface area contributed by atoms with Gasteiger partial charge in [-0.25, -0.2) is 4.98 Å². The number of aryl methyl sites for hydroxylation is 1. The maximum atomic E-state index is 12.4. The van der Waals surface area contributed by atoms with Gasteiger partial charge in [0.05, 0.1) is 18.3 Å². The van der Waals surface area contributed by atoms with Crippen LogP contribution in [-0.2, 0) is 11.3 Å². The van der Waals surface area contributed by atoms with Gasteiger partial charge in [-0.2, -0.15) is 0 Å². The Morgan fingerprint density at radius 2 is 2.26 bits per heavy atom. The average molecular weight is 330 g/mol. The van der Waals surface area contributed by atoms with Gasteiger partial charge in [-0.15, -0.1) is 0 Å². The largest absolute Gasteiger partial charge is 0.350 e. The molecule has 0 spiro atoms. The molecule has 0 aromatic carbocycles. The van der Waals surface area contributed by atoms with E-state index in [0.717, 1.165) is 11.4 Å². The molecule has 6 nitrogen and oxygen atoms in total. The van der Waals surface area contributed by atoms with Crippen LogP contribution in [0.5, 0.6) is 0 Å². The molecular formula is C16H18N4O2S. The van der Waals surface area contributed by atoms with Gasteiger partial charge in [0, 0.05) is 29.6 Å². The summed E-state index contributed by atoms with van der Waals surface area (Å²) in [5, 5.41) is 3.56. The van der Waals surface area contributed by atoms with Gasteiger partial charge in [-0.05, 0) is 26.0 Å². The van der Waals surface area contributed by atoms with Crippen LogP contribution in [-0.4, -0.2) is 26.2 Å². The molecule has 1 N–H and O–H groups in total. The number of nitrogens with zero attached hydrogens (tertiary/aromatic N) is 3. The maximum absolute atomic E-state index is 12.4. The molecule has 0 radical (unpaired) electrons. The smallest absolute Gasteiger partial charge is 0.257 e. The second-order valence-corrected chi connectivity index (χ2v) is 6.53. The van der Waals surface area contributed by atoms with E-state index >= 15 is 0 Å². The van der Waals surface area contributed by atoms with Crippen molar-refractivity contribution < 1.29 is 4.79 Å². The van der Waals surface area contributed by atoms with Gasteiger partial charge in [0.15, 0.2) is 5.16 Å². The summed E-state index contributed by atoms with van der Waals surface area (Å²) in [5.41, 5.74) is 2.18. The summed E-state index contributed by atoms with van der Waals surface area (Å²) in [6, 6.07) is 5.44. The third-order valence-corrected chi connectivity index (χ3v) is 5.03. The van der Waals surface area contributed by atoms with Gasteiger partial charge in [0.1, 0.15) is 0 Å². The molecule has 1 atom stereocenters. The lowest BCUT2D eigenvalue weighted by Gasteiger charge is -2.14. The van der Waals surface area contributed by atoms with Crippen LogP contribution in [0.15, 0.2) is 34.3 Å². The van der Waals surface area contributed by atoms with Crippen LogP contribution < -0.4 is 10.9 Å². The Labute approximate surface area is 138 Å². The topological polar surface area (TPSA) is 76.9 Å². The lowest BCUT2D eigenvalue weighted by molar-refractivity contribution is -0.121. The van der Waals surface area contributed by atoms with Crippen LogP contribution in [0.2, 0.25) is 0 Å². The second-order valence-electron chi connectivity index (χ2n) is 5.55. The van der Waals surface area contributed by atoms with Crippen LogP contribution in [0, 0.1) is 13.8 Å². The lowest BCUT2D eigenvalue weighted by atomic mass is 10.2. The fourth-order valence-electron chi connectivity index (χ4n) is 2.50. The van der Waals surface area contributed by atoms with Gasteiger partial charge in [-0.1, -0.05) is 17.8 Å². The number of amides is 1. The van der Waals surface area contributed by atoms with E-state index in [1.54, 1.807) is 17.7 Å². The summed E-state index contributed by atoms with van der Waals surface area (Å²) in [6.07, 6.45) is 1.97. The predicted molar refractivity (Wildman–Crippen MR) is 88.4 cm³/mol. The minimum absolute atomic E-state index is 0.0416. The van der Waals surface area contributed by atoms with Crippen LogP contribution in [0.25, 0.3) is 0 Å². The van der Waals surface area contributed by atoms with Gasteiger partial charge in [-0.3, -0.25) is 19.1 Å². The minimum atomic E-state index is -0.141.